The van der Waals surface area contributed by atoms with Crippen molar-refractivity contribution < 1.29 is 0 Å². The second kappa shape index (κ2) is 4.90. The van der Waals surface area contributed by atoms with E-state index in [9.17, 15) is 0 Å². The smallest absolute Gasteiger partial charge is 0.130 e. The van der Waals surface area contributed by atoms with Crippen LogP contribution in [0.25, 0.3) is 11.4 Å². The molecule has 2 heterocycles. The molecule has 2 N–H and O–H groups in total. The first-order chi connectivity index (χ1) is 8.27. The third-order valence-corrected chi connectivity index (χ3v) is 2.63. The van der Waals surface area contributed by atoms with Crippen LogP contribution >= 0.6 is 0 Å². The molecule has 0 saturated heterocycles. The normalized spacial score (nSPS) is 10.7. The Kier molecular flexibility index (Phi) is 3.32. The Hall–Kier alpha value is -1.98. The summed E-state index contributed by atoms with van der Waals surface area (Å²) in [7, 11) is 0. The number of nitrogen functional groups attached to an aromatic ring is 1. The number of hydrogen-bond donors (Lipinski definition) is 1. The average Bonchev–Trinajstić information content (AvgIpc) is 2.77. The molecule has 0 aliphatic rings. The van der Waals surface area contributed by atoms with Crippen LogP contribution in [0.15, 0.2) is 12.5 Å². The third kappa shape index (κ3) is 2.11. The molecule has 17 heavy (non-hydrogen) atoms. The van der Waals surface area contributed by atoms with E-state index in [1.807, 2.05) is 11.6 Å². The van der Waals surface area contributed by atoms with Crippen LogP contribution in [-0.4, -0.2) is 25.0 Å². The zero-order valence-electron chi connectivity index (χ0n) is 10.1. The van der Waals surface area contributed by atoms with Crippen molar-refractivity contribution in [2.45, 2.75) is 33.2 Å². The maximum absolute atomic E-state index is 5.86. The van der Waals surface area contributed by atoms with E-state index in [1.54, 1.807) is 6.20 Å². The van der Waals surface area contributed by atoms with Crippen LogP contribution in [-0.2, 0) is 13.0 Å². The van der Waals surface area contributed by atoms with Crippen LogP contribution in [0.5, 0.6) is 0 Å². The minimum absolute atomic E-state index is 0.529. The van der Waals surface area contributed by atoms with Crippen LogP contribution in [0, 0.1) is 0 Å². The molecule has 90 valence electrons. The van der Waals surface area contributed by atoms with E-state index >= 15 is 0 Å². The molecule has 0 fully saturated rings. The second-order valence-corrected chi connectivity index (χ2v) is 3.78. The minimum Gasteiger partial charge on any atom is -0.383 e. The maximum atomic E-state index is 5.86. The highest BCUT2D eigenvalue weighted by atomic mass is 15.4. The van der Waals surface area contributed by atoms with Crippen LogP contribution in [0.1, 0.15) is 25.8 Å². The molecule has 0 saturated carbocycles. The van der Waals surface area contributed by atoms with Gasteiger partial charge in [0.15, 0.2) is 0 Å². The average molecular weight is 232 g/mol. The van der Waals surface area contributed by atoms with Gasteiger partial charge in [-0.25, -0.2) is 14.6 Å². The topological polar surface area (TPSA) is 82.5 Å². The SMILES string of the molecule is CCCn1nncc1-c1ncnc(N)c1CC. The molecule has 0 atom stereocenters. The van der Waals surface area contributed by atoms with Crippen molar-refractivity contribution in [3.05, 3.63) is 18.1 Å². The zero-order chi connectivity index (χ0) is 12.3. The van der Waals surface area contributed by atoms with Crippen LogP contribution in [0.3, 0.4) is 0 Å². The Bertz CT molecular complexity index is 504. The number of aryl methyl sites for hydroxylation is 1. The molecule has 0 aromatic carbocycles. The predicted octanol–water partition coefficient (Wildman–Crippen LogP) is 1.29. The van der Waals surface area contributed by atoms with Crippen LogP contribution in [0.2, 0.25) is 0 Å². The van der Waals surface area contributed by atoms with Crippen molar-refractivity contribution >= 4 is 5.82 Å². The first-order valence-electron chi connectivity index (χ1n) is 5.76. The van der Waals surface area contributed by atoms with Crippen molar-refractivity contribution in [3.63, 3.8) is 0 Å². The molecule has 2 aromatic rings. The minimum atomic E-state index is 0.529. The van der Waals surface area contributed by atoms with E-state index in [4.69, 9.17) is 5.73 Å². The van der Waals surface area contributed by atoms with E-state index in [-0.39, 0.29) is 0 Å². The van der Waals surface area contributed by atoms with Crippen LogP contribution in [0.4, 0.5) is 5.82 Å². The van der Waals surface area contributed by atoms with Crippen molar-refractivity contribution in [2.75, 3.05) is 5.73 Å². The lowest BCUT2D eigenvalue weighted by Gasteiger charge is -2.09. The monoisotopic (exact) mass is 232 g/mol. The second-order valence-electron chi connectivity index (χ2n) is 3.78. The Labute approximate surface area is 99.9 Å². The summed E-state index contributed by atoms with van der Waals surface area (Å²) in [6.45, 7) is 4.95. The van der Waals surface area contributed by atoms with Gasteiger partial charge in [-0.05, 0) is 12.8 Å². The van der Waals surface area contributed by atoms with Gasteiger partial charge in [-0.2, -0.15) is 0 Å². The molecule has 2 aromatic heterocycles. The quantitative estimate of drug-likeness (QED) is 0.858. The lowest BCUT2D eigenvalue weighted by molar-refractivity contribution is 0.583. The molecule has 0 radical (unpaired) electrons. The summed E-state index contributed by atoms with van der Waals surface area (Å²) in [4.78, 5) is 8.32. The lowest BCUT2D eigenvalue weighted by Crippen LogP contribution is -2.06. The van der Waals surface area contributed by atoms with Gasteiger partial charge in [-0.3, -0.25) is 0 Å². The highest BCUT2D eigenvalue weighted by molar-refractivity contribution is 5.63. The number of nitrogens with two attached hydrogens (primary N) is 1. The first-order valence-corrected chi connectivity index (χ1v) is 5.76. The Morgan fingerprint density at radius 1 is 1.29 bits per heavy atom. The van der Waals surface area contributed by atoms with Gasteiger partial charge in [0.2, 0.25) is 0 Å². The Balaban J connectivity index is 2.52. The molecule has 6 nitrogen and oxygen atoms in total. The standard InChI is InChI=1S/C11H16N6/c1-3-5-17-9(6-15-16-17)10-8(4-2)11(12)14-7-13-10/h6-7H,3-5H2,1-2H3,(H2,12,13,14). The van der Waals surface area contributed by atoms with Crippen molar-refractivity contribution in [3.8, 4) is 11.4 Å². The van der Waals surface area contributed by atoms with Gasteiger partial charge in [0.25, 0.3) is 0 Å². The van der Waals surface area contributed by atoms with E-state index in [2.05, 4.69) is 27.2 Å². The summed E-state index contributed by atoms with van der Waals surface area (Å²) in [5.41, 5.74) is 8.54. The molecule has 0 spiro atoms. The summed E-state index contributed by atoms with van der Waals surface area (Å²) < 4.78 is 1.85. The molecule has 0 amide bonds. The summed E-state index contributed by atoms with van der Waals surface area (Å²) in [5.74, 6) is 0.529. The Morgan fingerprint density at radius 2 is 2.12 bits per heavy atom. The van der Waals surface area contributed by atoms with Gasteiger partial charge in [-0.15, -0.1) is 5.10 Å². The van der Waals surface area contributed by atoms with Gasteiger partial charge in [0, 0.05) is 12.1 Å². The molecule has 2 rings (SSSR count). The summed E-state index contributed by atoms with van der Waals surface area (Å²) in [5, 5.41) is 7.99. The number of aromatic nitrogens is 5. The fraction of sp³-hybridized carbons (Fsp3) is 0.455. The number of anilines is 1. The summed E-state index contributed by atoms with van der Waals surface area (Å²) >= 11 is 0. The van der Waals surface area contributed by atoms with Gasteiger partial charge in [0.05, 0.1) is 11.9 Å². The molecular formula is C11H16N6. The first kappa shape index (κ1) is 11.5. The van der Waals surface area contributed by atoms with Gasteiger partial charge >= 0.3 is 0 Å². The molecule has 0 bridgehead atoms. The fourth-order valence-electron chi connectivity index (χ4n) is 1.81. The molecule has 0 unspecified atom stereocenters. The van der Waals surface area contributed by atoms with Gasteiger partial charge in [0.1, 0.15) is 17.8 Å². The molecular weight excluding hydrogens is 216 g/mol. The van der Waals surface area contributed by atoms with E-state index in [0.717, 1.165) is 36.3 Å². The van der Waals surface area contributed by atoms with E-state index in [1.165, 1.54) is 6.33 Å². The number of nitrogens with zero attached hydrogens (tertiary/aromatic N) is 5. The van der Waals surface area contributed by atoms with Crippen molar-refractivity contribution in [1.82, 2.24) is 25.0 Å². The van der Waals surface area contributed by atoms with Crippen molar-refractivity contribution in [1.29, 1.82) is 0 Å². The predicted molar refractivity (Wildman–Crippen MR) is 65.1 cm³/mol. The highest BCUT2D eigenvalue weighted by Crippen LogP contribution is 2.23. The maximum Gasteiger partial charge on any atom is 0.130 e. The van der Waals surface area contributed by atoms with Gasteiger partial charge < -0.3 is 5.73 Å². The fourth-order valence-corrected chi connectivity index (χ4v) is 1.81. The highest BCUT2D eigenvalue weighted by Gasteiger charge is 2.14. The van der Waals surface area contributed by atoms with Gasteiger partial charge in [-0.1, -0.05) is 19.1 Å². The van der Waals surface area contributed by atoms with Crippen molar-refractivity contribution in [2.24, 2.45) is 0 Å². The lowest BCUT2D eigenvalue weighted by atomic mass is 10.1. The number of rotatable bonds is 4. The molecule has 0 aliphatic heterocycles. The molecule has 6 heteroatoms. The summed E-state index contributed by atoms with van der Waals surface area (Å²) in [6, 6.07) is 0. The Morgan fingerprint density at radius 3 is 2.82 bits per heavy atom. The molecule has 0 aliphatic carbocycles. The third-order valence-electron chi connectivity index (χ3n) is 2.63. The van der Waals surface area contributed by atoms with Crippen LogP contribution < -0.4 is 5.73 Å². The zero-order valence-corrected chi connectivity index (χ0v) is 10.1. The largest absolute Gasteiger partial charge is 0.383 e. The van der Waals surface area contributed by atoms with E-state index in [0.29, 0.717) is 5.82 Å². The van der Waals surface area contributed by atoms with E-state index < -0.39 is 0 Å². The summed E-state index contributed by atoms with van der Waals surface area (Å²) in [6.07, 6.45) is 4.99. The number of hydrogen-bond acceptors (Lipinski definition) is 5.